The molecule has 104 valence electrons. The van der Waals surface area contributed by atoms with Crippen LogP contribution < -0.4 is 10.5 Å². The molecule has 2 N–H and O–H groups in total. The van der Waals surface area contributed by atoms with Crippen LogP contribution in [0.3, 0.4) is 0 Å². The minimum Gasteiger partial charge on any atom is -0.493 e. The molecule has 1 aromatic rings. The molecule has 4 nitrogen and oxygen atoms in total. The lowest BCUT2D eigenvalue weighted by Gasteiger charge is -2.18. The van der Waals surface area contributed by atoms with Crippen LogP contribution in [0.2, 0.25) is 0 Å². The van der Waals surface area contributed by atoms with E-state index in [1.54, 1.807) is 4.68 Å². The summed E-state index contributed by atoms with van der Waals surface area (Å²) in [5, 5.41) is 4.08. The number of nitrogens with zero attached hydrogens (tertiary/aromatic N) is 2. The molecule has 0 spiro atoms. The van der Waals surface area contributed by atoms with E-state index in [0.29, 0.717) is 11.4 Å². The molecule has 1 unspecified atom stereocenters. The SMILES string of the molecule is COc1cnn(C(C)C)c1C(N)CCC(F)(F)F. The van der Waals surface area contributed by atoms with Crippen LogP contribution >= 0.6 is 0 Å². The van der Waals surface area contributed by atoms with Gasteiger partial charge in [0.15, 0.2) is 5.75 Å². The van der Waals surface area contributed by atoms with E-state index >= 15 is 0 Å². The van der Waals surface area contributed by atoms with Crippen LogP contribution in [-0.2, 0) is 0 Å². The van der Waals surface area contributed by atoms with E-state index in [4.69, 9.17) is 10.5 Å². The van der Waals surface area contributed by atoms with Crippen LogP contribution in [0.1, 0.15) is 44.5 Å². The lowest BCUT2D eigenvalue weighted by molar-refractivity contribution is -0.136. The van der Waals surface area contributed by atoms with Crippen molar-refractivity contribution < 1.29 is 17.9 Å². The number of hydrogen-bond donors (Lipinski definition) is 1. The molecule has 0 bridgehead atoms. The molecule has 0 fully saturated rings. The Balaban J connectivity index is 2.89. The summed E-state index contributed by atoms with van der Waals surface area (Å²) in [6.45, 7) is 3.76. The average molecular weight is 265 g/mol. The van der Waals surface area contributed by atoms with Crippen LogP contribution in [0.4, 0.5) is 13.2 Å². The smallest absolute Gasteiger partial charge is 0.389 e. The van der Waals surface area contributed by atoms with Gasteiger partial charge in [-0.05, 0) is 20.3 Å². The standard InChI is InChI=1S/C11H18F3N3O/c1-7(2)17-10(9(18-3)6-16-17)8(15)4-5-11(12,13)14/h6-8H,4-5,15H2,1-3H3. The number of nitrogens with two attached hydrogens (primary N) is 1. The third-order valence-corrected chi connectivity index (χ3v) is 2.60. The molecule has 1 rings (SSSR count). The van der Waals surface area contributed by atoms with Crippen molar-refractivity contribution in [2.75, 3.05) is 7.11 Å². The lowest BCUT2D eigenvalue weighted by atomic mass is 10.1. The van der Waals surface area contributed by atoms with Gasteiger partial charge in [0.1, 0.15) is 0 Å². The second-order valence-electron chi connectivity index (χ2n) is 4.40. The van der Waals surface area contributed by atoms with Crippen LogP contribution in [0, 0.1) is 0 Å². The van der Waals surface area contributed by atoms with Crippen LogP contribution in [0.5, 0.6) is 5.75 Å². The second-order valence-corrected chi connectivity index (χ2v) is 4.40. The Morgan fingerprint density at radius 1 is 1.44 bits per heavy atom. The van der Waals surface area contributed by atoms with Crippen molar-refractivity contribution in [1.82, 2.24) is 9.78 Å². The third-order valence-electron chi connectivity index (χ3n) is 2.60. The van der Waals surface area contributed by atoms with Crippen molar-refractivity contribution in [3.63, 3.8) is 0 Å². The summed E-state index contributed by atoms with van der Waals surface area (Å²) in [5.41, 5.74) is 6.33. The van der Waals surface area contributed by atoms with E-state index in [0.717, 1.165) is 0 Å². The quantitative estimate of drug-likeness (QED) is 0.890. The van der Waals surface area contributed by atoms with Crippen molar-refractivity contribution >= 4 is 0 Å². The van der Waals surface area contributed by atoms with Crippen molar-refractivity contribution in [3.8, 4) is 5.75 Å². The number of ether oxygens (including phenoxy) is 1. The van der Waals surface area contributed by atoms with Crippen molar-refractivity contribution in [2.24, 2.45) is 5.73 Å². The van der Waals surface area contributed by atoms with Crippen LogP contribution in [0.15, 0.2) is 6.20 Å². The molecule has 7 heteroatoms. The highest BCUT2D eigenvalue weighted by atomic mass is 19.4. The van der Waals surface area contributed by atoms with Gasteiger partial charge in [-0.1, -0.05) is 0 Å². The molecule has 0 radical (unpaired) electrons. The van der Waals surface area contributed by atoms with Gasteiger partial charge in [0.05, 0.1) is 25.0 Å². The molecule has 1 atom stereocenters. The number of hydrogen-bond acceptors (Lipinski definition) is 3. The van der Waals surface area contributed by atoms with Gasteiger partial charge in [0.2, 0.25) is 0 Å². The van der Waals surface area contributed by atoms with Crippen LogP contribution in [-0.4, -0.2) is 23.1 Å². The van der Waals surface area contributed by atoms with E-state index in [9.17, 15) is 13.2 Å². The van der Waals surface area contributed by atoms with E-state index in [2.05, 4.69) is 5.10 Å². The first kappa shape index (κ1) is 14.8. The second kappa shape index (κ2) is 5.60. The molecule has 1 heterocycles. The molecular formula is C11H18F3N3O. The highest BCUT2D eigenvalue weighted by Crippen LogP contribution is 2.31. The molecule has 0 aliphatic rings. The minimum atomic E-state index is -4.20. The summed E-state index contributed by atoms with van der Waals surface area (Å²) < 4.78 is 43.3. The molecule has 0 aromatic carbocycles. The maximum atomic E-state index is 12.2. The van der Waals surface area contributed by atoms with Gasteiger partial charge in [-0.25, -0.2) is 0 Å². The first-order valence-corrected chi connectivity index (χ1v) is 5.70. The summed E-state index contributed by atoms with van der Waals surface area (Å²) >= 11 is 0. The molecular weight excluding hydrogens is 247 g/mol. The van der Waals surface area contributed by atoms with E-state index < -0.39 is 18.6 Å². The fourth-order valence-corrected chi connectivity index (χ4v) is 1.73. The summed E-state index contributed by atoms with van der Waals surface area (Å²) in [7, 11) is 1.45. The van der Waals surface area contributed by atoms with E-state index in [1.165, 1.54) is 13.3 Å². The fourth-order valence-electron chi connectivity index (χ4n) is 1.73. The van der Waals surface area contributed by atoms with Gasteiger partial charge >= 0.3 is 6.18 Å². The van der Waals surface area contributed by atoms with Crippen molar-refractivity contribution in [3.05, 3.63) is 11.9 Å². The monoisotopic (exact) mass is 265 g/mol. The number of alkyl halides is 3. The molecule has 0 saturated carbocycles. The summed E-state index contributed by atoms with van der Waals surface area (Å²) in [4.78, 5) is 0. The zero-order valence-electron chi connectivity index (χ0n) is 10.7. The van der Waals surface area contributed by atoms with Gasteiger partial charge < -0.3 is 10.5 Å². The Morgan fingerprint density at radius 2 is 2.06 bits per heavy atom. The molecule has 0 aliphatic heterocycles. The van der Waals surface area contributed by atoms with Gasteiger partial charge in [-0.3, -0.25) is 4.68 Å². The zero-order valence-corrected chi connectivity index (χ0v) is 10.7. The first-order valence-electron chi connectivity index (χ1n) is 5.70. The van der Waals surface area contributed by atoms with Gasteiger partial charge in [0.25, 0.3) is 0 Å². The topological polar surface area (TPSA) is 53.1 Å². The average Bonchev–Trinajstić information content (AvgIpc) is 2.68. The van der Waals surface area contributed by atoms with E-state index in [1.807, 2.05) is 13.8 Å². The maximum Gasteiger partial charge on any atom is 0.389 e. The largest absolute Gasteiger partial charge is 0.493 e. The predicted octanol–water partition coefficient (Wildman–Crippen LogP) is 2.81. The normalized spacial score (nSPS) is 14.0. The molecule has 0 aliphatic carbocycles. The summed E-state index contributed by atoms with van der Waals surface area (Å²) in [5.74, 6) is 0.429. The summed E-state index contributed by atoms with van der Waals surface area (Å²) in [6, 6.07) is -0.729. The number of methoxy groups -OCH3 is 1. The number of rotatable bonds is 5. The summed E-state index contributed by atoms with van der Waals surface area (Å²) in [6.07, 6.45) is -3.82. The maximum absolute atomic E-state index is 12.2. The first-order chi connectivity index (χ1) is 8.26. The molecule has 18 heavy (non-hydrogen) atoms. The van der Waals surface area contributed by atoms with Crippen LogP contribution in [0.25, 0.3) is 0 Å². The van der Waals surface area contributed by atoms with E-state index in [-0.39, 0.29) is 12.5 Å². The van der Waals surface area contributed by atoms with Gasteiger partial charge in [-0.15, -0.1) is 0 Å². The van der Waals surface area contributed by atoms with Crippen molar-refractivity contribution in [1.29, 1.82) is 0 Å². The fraction of sp³-hybridized carbons (Fsp3) is 0.727. The Bertz CT molecular complexity index is 387. The Labute approximate surface area is 104 Å². The molecule has 0 saturated heterocycles. The van der Waals surface area contributed by atoms with Gasteiger partial charge in [0, 0.05) is 12.5 Å². The number of aromatic nitrogens is 2. The van der Waals surface area contributed by atoms with Gasteiger partial charge in [-0.2, -0.15) is 18.3 Å². The third kappa shape index (κ3) is 3.63. The Kier molecular flexibility index (Phi) is 4.61. The minimum absolute atomic E-state index is 0.0147. The Morgan fingerprint density at radius 3 is 2.50 bits per heavy atom. The highest BCUT2D eigenvalue weighted by Gasteiger charge is 2.30. The van der Waals surface area contributed by atoms with Crippen molar-refractivity contribution in [2.45, 2.75) is 44.9 Å². The predicted molar refractivity (Wildman–Crippen MR) is 61.4 cm³/mol. The number of halogens is 3. The molecule has 0 amide bonds. The Hall–Kier alpha value is -1.24. The zero-order chi connectivity index (χ0) is 13.9. The molecule has 1 aromatic heterocycles. The lowest BCUT2D eigenvalue weighted by Crippen LogP contribution is -2.21. The highest BCUT2D eigenvalue weighted by molar-refractivity contribution is 5.28.